The second-order valence-corrected chi connectivity index (χ2v) is 7.82. The lowest BCUT2D eigenvalue weighted by atomic mass is 10.2. The number of hydrogen-bond acceptors (Lipinski definition) is 3. The zero-order chi connectivity index (χ0) is 19.2. The van der Waals surface area contributed by atoms with Crippen LogP contribution >= 0.6 is 39.7 Å². The summed E-state index contributed by atoms with van der Waals surface area (Å²) in [6.45, 7) is 4.23. The van der Waals surface area contributed by atoms with Crippen LogP contribution < -0.4 is 10.6 Å². The Bertz CT molecular complexity index is 903. The molecular weight excluding hydrogens is 448 g/mol. The number of thiocarbonyl (C=S) groups is 1. The van der Waals surface area contributed by atoms with Crippen molar-refractivity contribution in [3.63, 3.8) is 0 Å². The van der Waals surface area contributed by atoms with Crippen molar-refractivity contribution in [1.82, 2.24) is 24.9 Å². The van der Waals surface area contributed by atoms with Crippen molar-refractivity contribution in [3.05, 3.63) is 63.6 Å². The van der Waals surface area contributed by atoms with E-state index in [1.165, 1.54) is 0 Å². The number of nitrogens with zero attached hydrogens (tertiary/aromatic N) is 4. The van der Waals surface area contributed by atoms with E-state index in [9.17, 15) is 0 Å². The van der Waals surface area contributed by atoms with Crippen LogP contribution in [0.2, 0.25) is 5.02 Å². The minimum absolute atomic E-state index is 0.579. The van der Waals surface area contributed by atoms with E-state index in [0.717, 1.165) is 46.0 Å². The fourth-order valence-corrected chi connectivity index (χ4v) is 3.31. The van der Waals surface area contributed by atoms with Crippen molar-refractivity contribution >= 4 is 50.5 Å². The summed E-state index contributed by atoms with van der Waals surface area (Å²) in [5.41, 5.74) is 2.94. The number of aryl methyl sites for hydroxylation is 2. The van der Waals surface area contributed by atoms with Crippen molar-refractivity contribution < 1.29 is 0 Å². The van der Waals surface area contributed by atoms with E-state index >= 15 is 0 Å². The molecule has 0 bridgehead atoms. The first-order valence-electron chi connectivity index (χ1n) is 8.51. The van der Waals surface area contributed by atoms with Gasteiger partial charge in [-0.05, 0) is 59.2 Å². The van der Waals surface area contributed by atoms with Gasteiger partial charge in [0, 0.05) is 30.5 Å². The topological polar surface area (TPSA) is 59.7 Å². The Morgan fingerprint density at radius 1 is 1.30 bits per heavy atom. The molecule has 0 atom stereocenters. The third-order valence-corrected chi connectivity index (χ3v) is 5.12. The van der Waals surface area contributed by atoms with Gasteiger partial charge in [0.2, 0.25) is 0 Å². The number of rotatable bonds is 7. The summed E-state index contributed by atoms with van der Waals surface area (Å²) >= 11 is 14.8. The van der Waals surface area contributed by atoms with Crippen LogP contribution in [0.3, 0.4) is 0 Å². The van der Waals surface area contributed by atoms with Gasteiger partial charge in [-0.15, -0.1) is 0 Å². The van der Waals surface area contributed by atoms with Crippen LogP contribution in [-0.2, 0) is 13.1 Å². The molecule has 2 heterocycles. The number of aromatic nitrogens is 4. The van der Waals surface area contributed by atoms with Gasteiger partial charge in [-0.3, -0.25) is 9.36 Å². The van der Waals surface area contributed by atoms with Crippen molar-refractivity contribution in [2.45, 2.75) is 26.4 Å². The lowest BCUT2D eigenvalue weighted by Gasteiger charge is -2.09. The Morgan fingerprint density at radius 2 is 2.15 bits per heavy atom. The Balaban J connectivity index is 1.41. The SMILES string of the molecule is Cc1nn(CCCNC(=S)Nc2cnn(Cc3cccc(Cl)c3)c2)cc1Br. The zero-order valence-electron chi connectivity index (χ0n) is 14.8. The first kappa shape index (κ1) is 19.9. The normalized spacial score (nSPS) is 10.8. The van der Waals surface area contributed by atoms with Gasteiger partial charge in [0.25, 0.3) is 0 Å². The van der Waals surface area contributed by atoms with Crippen LogP contribution in [0.1, 0.15) is 17.7 Å². The van der Waals surface area contributed by atoms with E-state index < -0.39 is 0 Å². The number of anilines is 1. The van der Waals surface area contributed by atoms with Crippen LogP contribution in [0.4, 0.5) is 5.69 Å². The third-order valence-electron chi connectivity index (χ3n) is 3.86. The summed E-state index contributed by atoms with van der Waals surface area (Å²) in [7, 11) is 0. The van der Waals surface area contributed by atoms with Gasteiger partial charge < -0.3 is 10.6 Å². The second-order valence-electron chi connectivity index (χ2n) is 6.12. The van der Waals surface area contributed by atoms with Crippen LogP contribution in [-0.4, -0.2) is 31.2 Å². The van der Waals surface area contributed by atoms with Crippen molar-refractivity contribution in [1.29, 1.82) is 0 Å². The highest BCUT2D eigenvalue weighted by Crippen LogP contribution is 2.14. The standard InChI is InChI=1S/C18H20BrClN6S/c1-13-17(19)12-25(24-13)7-3-6-21-18(27)23-16-9-22-26(11-16)10-14-4-2-5-15(20)8-14/h2,4-5,8-9,11-12H,3,6-7,10H2,1H3,(H2,21,23,27). The van der Waals surface area contributed by atoms with Crippen molar-refractivity contribution in [2.75, 3.05) is 11.9 Å². The summed E-state index contributed by atoms with van der Waals surface area (Å²) in [5, 5.41) is 16.4. The van der Waals surface area contributed by atoms with Crippen molar-refractivity contribution in [2.24, 2.45) is 0 Å². The molecule has 0 aliphatic heterocycles. The predicted molar refractivity (Wildman–Crippen MR) is 116 cm³/mol. The highest BCUT2D eigenvalue weighted by molar-refractivity contribution is 9.10. The fraction of sp³-hybridized carbons (Fsp3) is 0.278. The number of hydrogen-bond donors (Lipinski definition) is 2. The van der Waals surface area contributed by atoms with Gasteiger partial charge in [-0.2, -0.15) is 10.2 Å². The zero-order valence-corrected chi connectivity index (χ0v) is 18.0. The lowest BCUT2D eigenvalue weighted by molar-refractivity contribution is 0.570. The molecule has 9 heteroatoms. The largest absolute Gasteiger partial charge is 0.362 e. The van der Waals surface area contributed by atoms with E-state index in [1.807, 2.05) is 52.9 Å². The van der Waals surface area contributed by atoms with Gasteiger partial charge in [-0.1, -0.05) is 23.7 Å². The third kappa shape index (κ3) is 6.05. The van der Waals surface area contributed by atoms with Crippen LogP contribution in [0, 0.1) is 6.92 Å². The molecule has 0 aliphatic carbocycles. The Morgan fingerprint density at radius 3 is 2.89 bits per heavy atom. The summed E-state index contributed by atoms with van der Waals surface area (Å²) in [6.07, 6.45) is 6.57. The number of halogens is 2. The molecule has 27 heavy (non-hydrogen) atoms. The lowest BCUT2D eigenvalue weighted by Crippen LogP contribution is -2.29. The highest BCUT2D eigenvalue weighted by atomic mass is 79.9. The maximum atomic E-state index is 6.02. The minimum atomic E-state index is 0.579. The van der Waals surface area contributed by atoms with Gasteiger partial charge in [0.15, 0.2) is 5.11 Å². The molecule has 3 rings (SSSR count). The molecule has 0 saturated heterocycles. The average Bonchev–Trinajstić information content (AvgIpc) is 3.18. The fourth-order valence-electron chi connectivity index (χ4n) is 2.56. The van der Waals surface area contributed by atoms with E-state index in [2.05, 4.69) is 36.8 Å². The van der Waals surface area contributed by atoms with E-state index in [1.54, 1.807) is 6.20 Å². The average molecular weight is 468 g/mol. The molecule has 2 N–H and O–H groups in total. The summed E-state index contributed by atoms with van der Waals surface area (Å²) < 4.78 is 4.80. The second kappa shape index (κ2) is 9.34. The summed E-state index contributed by atoms with van der Waals surface area (Å²) in [5.74, 6) is 0. The van der Waals surface area contributed by atoms with Gasteiger partial charge in [0.05, 0.1) is 28.6 Å². The highest BCUT2D eigenvalue weighted by Gasteiger charge is 2.04. The van der Waals surface area contributed by atoms with E-state index in [-0.39, 0.29) is 0 Å². The monoisotopic (exact) mass is 466 g/mol. The molecule has 6 nitrogen and oxygen atoms in total. The smallest absolute Gasteiger partial charge is 0.170 e. The molecule has 0 amide bonds. The number of nitrogens with one attached hydrogen (secondary N) is 2. The van der Waals surface area contributed by atoms with Crippen LogP contribution in [0.5, 0.6) is 0 Å². The molecular formula is C18H20BrClN6S. The summed E-state index contributed by atoms with van der Waals surface area (Å²) in [4.78, 5) is 0. The van der Waals surface area contributed by atoms with Gasteiger partial charge in [-0.25, -0.2) is 0 Å². The van der Waals surface area contributed by atoms with Crippen LogP contribution in [0.15, 0.2) is 47.3 Å². The summed E-state index contributed by atoms with van der Waals surface area (Å²) in [6, 6.07) is 7.74. The van der Waals surface area contributed by atoms with E-state index in [4.69, 9.17) is 23.8 Å². The Kier molecular flexibility index (Phi) is 6.87. The van der Waals surface area contributed by atoms with Crippen molar-refractivity contribution in [3.8, 4) is 0 Å². The van der Waals surface area contributed by atoms with Gasteiger partial charge >= 0.3 is 0 Å². The molecule has 0 spiro atoms. The molecule has 0 aliphatic rings. The number of benzene rings is 1. The van der Waals surface area contributed by atoms with Gasteiger partial charge in [0.1, 0.15) is 0 Å². The molecule has 2 aromatic heterocycles. The first-order valence-corrected chi connectivity index (χ1v) is 10.1. The predicted octanol–water partition coefficient (Wildman–Crippen LogP) is 4.23. The minimum Gasteiger partial charge on any atom is -0.362 e. The van der Waals surface area contributed by atoms with Crippen LogP contribution in [0.25, 0.3) is 0 Å². The first-order chi connectivity index (χ1) is 13.0. The molecule has 3 aromatic rings. The molecule has 0 saturated carbocycles. The Labute approximate surface area is 177 Å². The van der Waals surface area contributed by atoms with E-state index in [0.29, 0.717) is 11.7 Å². The molecule has 0 radical (unpaired) electrons. The maximum Gasteiger partial charge on any atom is 0.170 e. The molecule has 142 valence electrons. The molecule has 0 fully saturated rings. The Hall–Kier alpha value is -1.90. The molecule has 0 unspecified atom stereocenters. The maximum absolute atomic E-state index is 6.02. The quantitative estimate of drug-likeness (QED) is 0.402. The molecule has 1 aromatic carbocycles.